The van der Waals surface area contributed by atoms with Crippen LogP contribution in [-0.2, 0) is 5.41 Å². The van der Waals surface area contributed by atoms with Crippen molar-refractivity contribution in [3.8, 4) is 56.3 Å². The first-order chi connectivity index (χ1) is 19.1. The van der Waals surface area contributed by atoms with Crippen molar-refractivity contribution < 1.29 is 0 Å². The molecule has 0 saturated carbocycles. The number of rotatable bonds is 4. The Morgan fingerprint density at radius 2 is 1.13 bits per heavy atom. The number of fused-ring (bicyclic) bond motifs is 3. The Hall–Kier alpha value is -4.89. The number of benzene rings is 4. The molecule has 0 atom stereocenters. The lowest BCUT2D eigenvalue weighted by molar-refractivity contribution is 0.660. The first-order valence-corrected chi connectivity index (χ1v) is 13.3. The van der Waals surface area contributed by atoms with Gasteiger partial charge in [-0.25, -0.2) is 9.97 Å². The highest BCUT2D eigenvalue weighted by Gasteiger charge is 2.36. The standard InChI is InChI=1S/C36H27N3/c1-36(2)29-15-7-6-13-27(29)34-28(14-10-16-30(34)36)33-23-32(38-35(39-33)26-11-4-3-5-12-26)25-20-18-24(19-21-25)31-17-8-9-22-37-31/h3-23H,1-2H3. The van der Waals surface area contributed by atoms with Gasteiger partial charge in [0.15, 0.2) is 5.82 Å². The maximum absolute atomic E-state index is 5.14. The molecule has 39 heavy (non-hydrogen) atoms. The molecule has 0 aliphatic heterocycles. The van der Waals surface area contributed by atoms with Crippen molar-refractivity contribution in [3.05, 3.63) is 139 Å². The molecule has 1 aliphatic rings. The summed E-state index contributed by atoms with van der Waals surface area (Å²) in [7, 11) is 0. The van der Waals surface area contributed by atoms with Crippen LogP contribution in [0.3, 0.4) is 0 Å². The molecule has 0 radical (unpaired) electrons. The summed E-state index contributed by atoms with van der Waals surface area (Å²) < 4.78 is 0. The predicted octanol–water partition coefficient (Wildman–Crippen LogP) is 8.85. The van der Waals surface area contributed by atoms with Gasteiger partial charge in [-0.2, -0.15) is 0 Å². The third-order valence-corrected chi connectivity index (χ3v) is 7.78. The van der Waals surface area contributed by atoms with E-state index in [9.17, 15) is 0 Å². The molecular weight excluding hydrogens is 474 g/mol. The van der Waals surface area contributed by atoms with Crippen LogP contribution in [0.15, 0.2) is 128 Å². The highest BCUT2D eigenvalue weighted by molar-refractivity contribution is 5.92. The summed E-state index contributed by atoms with van der Waals surface area (Å²) in [5.41, 5.74) is 12.2. The van der Waals surface area contributed by atoms with Gasteiger partial charge < -0.3 is 0 Å². The smallest absolute Gasteiger partial charge is 0.160 e. The molecule has 4 aromatic carbocycles. The summed E-state index contributed by atoms with van der Waals surface area (Å²) in [6.45, 7) is 4.62. The third-order valence-electron chi connectivity index (χ3n) is 7.78. The first kappa shape index (κ1) is 23.2. The Kier molecular flexibility index (Phi) is 5.45. The Bertz CT molecular complexity index is 1810. The van der Waals surface area contributed by atoms with Crippen molar-refractivity contribution in [1.82, 2.24) is 15.0 Å². The lowest BCUT2D eigenvalue weighted by Crippen LogP contribution is -2.14. The summed E-state index contributed by atoms with van der Waals surface area (Å²) in [6.07, 6.45) is 1.82. The molecule has 2 heterocycles. The average Bonchev–Trinajstić information content (AvgIpc) is 3.24. The van der Waals surface area contributed by atoms with Gasteiger partial charge in [0.05, 0.1) is 17.1 Å². The van der Waals surface area contributed by atoms with Crippen molar-refractivity contribution in [2.24, 2.45) is 0 Å². The van der Waals surface area contributed by atoms with E-state index in [1.807, 2.05) is 42.6 Å². The summed E-state index contributed by atoms with van der Waals surface area (Å²) in [5.74, 6) is 0.722. The van der Waals surface area contributed by atoms with Crippen LogP contribution in [0.25, 0.3) is 56.3 Å². The van der Waals surface area contributed by atoms with Crippen LogP contribution in [0.4, 0.5) is 0 Å². The molecular formula is C36H27N3. The second-order valence-electron chi connectivity index (χ2n) is 10.5. The first-order valence-electron chi connectivity index (χ1n) is 13.3. The van der Waals surface area contributed by atoms with E-state index in [-0.39, 0.29) is 5.41 Å². The quantitative estimate of drug-likeness (QED) is 0.242. The maximum atomic E-state index is 5.14. The zero-order valence-corrected chi connectivity index (χ0v) is 22.0. The number of hydrogen-bond acceptors (Lipinski definition) is 3. The molecule has 0 bridgehead atoms. The molecule has 0 unspecified atom stereocenters. The van der Waals surface area contributed by atoms with Crippen molar-refractivity contribution in [3.63, 3.8) is 0 Å². The minimum absolute atomic E-state index is 0.0681. The Labute approximate surface area is 228 Å². The summed E-state index contributed by atoms with van der Waals surface area (Å²) in [6, 6.07) is 42.2. The number of aromatic nitrogens is 3. The molecule has 186 valence electrons. The van der Waals surface area contributed by atoms with Gasteiger partial charge in [0.1, 0.15) is 0 Å². The van der Waals surface area contributed by atoms with E-state index in [1.165, 1.54) is 22.3 Å². The fourth-order valence-corrected chi connectivity index (χ4v) is 5.76. The van der Waals surface area contributed by atoms with E-state index in [2.05, 4.69) is 104 Å². The Morgan fingerprint density at radius 1 is 0.487 bits per heavy atom. The van der Waals surface area contributed by atoms with Crippen molar-refractivity contribution in [2.75, 3.05) is 0 Å². The largest absolute Gasteiger partial charge is 0.256 e. The van der Waals surface area contributed by atoms with Gasteiger partial charge in [-0.15, -0.1) is 0 Å². The molecule has 3 nitrogen and oxygen atoms in total. The third kappa shape index (κ3) is 3.95. The highest BCUT2D eigenvalue weighted by atomic mass is 14.9. The van der Waals surface area contributed by atoms with E-state index >= 15 is 0 Å². The van der Waals surface area contributed by atoms with E-state index in [0.29, 0.717) is 0 Å². The normalized spacial score (nSPS) is 13.1. The van der Waals surface area contributed by atoms with Gasteiger partial charge in [0, 0.05) is 33.9 Å². The van der Waals surface area contributed by atoms with Gasteiger partial charge >= 0.3 is 0 Å². The lowest BCUT2D eigenvalue weighted by atomic mass is 9.82. The average molecular weight is 502 g/mol. The molecule has 2 aromatic heterocycles. The van der Waals surface area contributed by atoms with Gasteiger partial charge in [0.2, 0.25) is 0 Å². The van der Waals surface area contributed by atoms with Crippen LogP contribution >= 0.6 is 0 Å². The predicted molar refractivity (Wildman–Crippen MR) is 159 cm³/mol. The monoisotopic (exact) mass is 501 g/mol. The molecule has 0 fully saturated rings. The Morgan fingerprint density at radius 3 is 1.90 bits per heavy atom. The van der Waals surface area contributed by atoms with Crippen LogP contribution in [0, 0.1) is 0 Å². The van der Waals surface area contributed by atoms with Gasteiger partial charge in [-0.1, -0.05) is 117 Å². The van der Waals surface area contributed by atoms with E-state index in [4.69, 9.17) is 9.97 Å². The molecule has 3 heteroatoms. The molecule has 0 amide bonds. The topological polar surface area (TPSA) is 38.7 Å². The van der Waals surface area contributed by atoms with E-state index in [0.717, 1.165) is 45.2 Å². The highest BCUT2D eigenvalue weighted by Crippen LogP contribution is 2.51. The molecule has 0 N–H and O–H groups in total. The zero-order chi connectivity index (χ0) is 26.4. The SMILES string of the molecule is CC1(C)c2ccccc2-c2c(-c3cc(-c4ccc(-c5ccccn5)cc4)nc(-c4ccccc4)n3)cccc21. The van der Waals surface area contributed by atoms with Gasteiger partial charge in [0.25, 0.3) is 0 Å². The van der Waals surface area contributed by atoms with Crippen LogP contribution in [-0.4, -0.2) is 15.0 Å². The fourth-order valence-electron chi connectivity index (χ4n) is 5.76. The fraction of sp³-hybridized carbons (Fsp3) is 0.0833. The lowest BCUT2D eigenvalue weighted by Gasteiger charge is -2.21. The van der Waals surface area contributed by atoms with Crippen LogP contribution in [0.5, 0.6) is 0 Å². The number of hydrogen-bond donors (Lipinski definition) is 0. The van der Waals surface area contributed by atoms with Crippen LogP contribution < -0.4 is 0 Å². The van der Waals surface area contributed by atoms with Gasteiger partial charge in [-0.05, 0) is 40.5 Å². The summed E-state index contributed by atoms with van der Waals surface area (Å²) >= 11 is 0. The van der Waals surface area contributed by atoms with Crippen molar-refractivity contribution >= 4 is 0 Å². The van der Waals surface area contributed by atoms with E-state index in [1.54, 1.807) is 0 Å². The molecule has 0 spiro atoms. The van der Waals surface area contributed by atoms with Gasteiger partial charge in [-0.3, -0.25) is 4.98 Å². The van der Waals surface area contributed by atoms with Crippen LogP contribution in [0.1, 0.15) is 25.0 Å². The molecule has 6 aromatic rings. The minimum atomic E-state index is -0.0681. The summed E-state index contributed by atoms with van der Waals surface area (Å²) in [4.78, 5) is 14.7. The van der Waals surface area contributed by atoms with E-state index < -0.39 is 0 Å². The summed E-state index contributed by atoms with van der Waals surface area (Å²) in [5, 5.41) is 0. The molecule has 7 rings (SSSR count). The molecule has 1 aliphatic carbocycles. The molecule has 0 saturated heterocycles. The van der Waals surface area contributed by atoms with Crippen LogP contribution in [0.2, 0.25) is 0 Å². The zero-order valence-electron chi connectivity index (χ0n) is 22.0. The van der Waals surface area contributed by atoms with Crippen molar-refractivity contribution in [1.29, 1.82) is 0 Å². The second-order valence-corrected chi connectivity index (χ2v) is 10.5. The minimum Gasteiger partial charge on any atom is -0.256 e. The van der Waals surface area contributed by atoms with Crippen molar-refractivity contribution in [2.45, 2.75) is 19.3 Å². The number of nitrogens with zero attached hydrogens (tertiary/aromatic N) is 3. The second kappa shape index (κ2) is 9.14. The number of pyridine rings is 1. The Balaban J connectivity index is 1.42. The maximum Gasteiger partial charge on any atom is 0.160 e.